The third-order valence-electron chi connectivity index (χ3n) is 4.95. The number of piperazine rings is 1. The number of hydrogen-bond acceptors (Lipinski definition) is 4. The van der Waals surface area contributed by atoms with Crippen LogP contribution in [0, 0.1) is 0 Å². The number of hydrogen-bond donors (Lipinski definition) is 1. The number of methoxy groups -OCH3 is 1. The average Bonchev–Trinajstić information content (AvgIpc) is 3.04. The van der Waals surface area contributed by atoms with Crippen molar-refractivity contribution in [2.45, 2.75) is 26.0 Å². The Hall–Kier alpha value is -2.05. The highest BCUT2D eigenvalue weighted by molar-refractivity contribution is 5.84. The number of rotatable bonds is 6. The number of carbonyl (C=O) groups is 1. The molecule has 1 aromatic carbocycles. The van der Waals surface area contributed by atoms with E-state index in [1.807, 2.05) is 46.9 Å². The van der Waals surface area contributed by atoms with Gasteiger partial charge in [0.05, 0.1) is 13.2 Å². The van der Waals surface area contributed by atoms with Gasteiger partial charge in [-0.2, -0.15) is 0 Å². The first-order valence-electron chi connectivity index (χ1n) is 8.91. The van der Waals surface area contributed by atoms with Gasteiger partial charge in [0.15, 0.2) is 0 Å². The Morgan fingerprint density at radius 1 is 1.24 bits per heavy atom. The van der Waals surface area contributed by atoms with Gasteiger partial charge in [-0.1, -0.05) is 6.92 Å². The van der Waals surface area contributed by atoms with Gasteiger partial charge in [-0.3, -0.25) is 9.69 Å². The standard InChI is InChI=1S/C19H27N3O3/c1-3-16(23)13-20-8-10-21(11-9-20)19(24)14-22-7-6-15-12-17(25-2)4-5-18(15)22/h4-7,12,16,23H,3,8-11,13-14H2,1-2H3/t16-/m1/s1. The Bertz CT molecular complexity index is 720. The maximum Gasteiger partial charge on any atom is 0.242 e. The molecule has 3 rings (SSSR count). The quantitative estimate of drug-likeness (QED) is 0.863. The number of benzene rings is 1. The van der Waals surface area contributed by atoms with Gasteiger partial charge in [-0.05, 0) is 30.7 Å². The summed E-state index contributed by atoms with van der Waals surface area (Å²) in [5.74, 6) is 0.964. The van der Waals surface area contributed by atoms with Crippen molar-refractivity contribution in [1.82, 2.24) is 14.4 Å². The summed E-state index contributed by atoms with van der Waals surface area (Å²) in [6.45, 7) is 6.14. The first kappa shape index (κ1) is 17.8. The monoisotopic (exact) mass is 345 g/mol. The molecule has 0 aliphatic carbocycles. The largest absolute Gasteiger partial charge is 0.497 e. The summed E-state index contributed by atoms with van der Waals surface area (Å²) < 4.78 is 7.24. The Morgan fingerprint density at radius 2 is 2.00 bits per heavy atom. The second-order valence-corrected chi connectivity index (χ2v) is 6.61. The third kappa shape index (κ3) is 4.14. The average molecular weight is 345 g/mol. The molecular weight excluding hydrogens is 318 g/mol. The second-order valence-electron chi connectivity index (χ2n) is 6.61. The lowest BCUT2D eigenvalue weighted by molar-refractivity contribution is -0.133. The molecule has 1 N–H and O–H groups in total. The van der Waals surface area contributed by atoms with Crippen molar-refractivity contribution in [2.24, 2.45) is 0 Å². The zero-order valence-corrected chi connectivity index (χ0v) is 15.0. The fourth-order valence-electron chi connectivity index (χ4n) is 3.30. The van der Waals surface area contributed by atoms with Crippen molar-refractivity contribution in [3.8, 4) is 5.75 Å². The molecule has 6 heteroatoms. The molecule has 0 bridgehead atoms. The highest BCUT2D eigenvalue weighted by Crippen LogP contribution is 2.22. The summed E-state index contributed by atoms with van der Waals surface area (Å²) in [6.07, 6.45) is 2.45. The van der Waals surface area contributed by atoms with Crippen molar-refractivity contribution in [3.05, 3.63) is 30.5 Å². The molecule has 2 aromatic rings. The minimum absolute atomic E-state index is 0.143. The molecule has 136 valence electrons. The Labute approximate surface area is 148 Å². The van der Waals surface area contributed by atoms with Crippen LogP contribution in [0.1, 0.15) is 13.3 Å². The molecular formula is C19H27N3O3. The normalized spacial score (nSPS) is 17.0. The topological polar surface area (TPSA) is 57.9 Å². The smallest absolute Gasteiger partial charge is 0.242 e. The molecule has 0 unspecified atom stereocenters. The fraction of sp³-hybridized carbons (Fsp3) is 0.526. The van der Waals surface area contributed by atoms with Crippen LogP contribution in [0.5, 0.6) is 5.75 Å². The molecule has 2 heterocycles. The van der Waals surface area contributed by atoms with Crippen LogP contribution in [-0.2, 0) is 11.3 Å². The molecule has 1 aromatic heterocycles. The van der Waals surface area contributed by atoms with Gasteiger partial charge < -0.3 is 19.3 Å². The van der Waals surface area contributed by atoms with Gasteiger partial charge in [-0.25, -0.2) is 0 Å². The van der Waals surface area contributed by atoms with Crippen molar-refractivity contribution in [2.75, 3.05) is 39.8 Å². The molecule has 1 amide bonds. The Morgan fingerprint density at radius 3 is 2.68 bits per heavy atom. The molecule has 6 nitrogen and oxygen atoms in total. The van der Waals surface area contributed by atoms with Crippen molar-refractivity contribution < 1.29 is 14.6 Å². The zero-order valence-electron chi connectivity index (χ0n) is 15.0. The molecule has 0 spiro atoms. The number of aliphatic hydroxyl groups excluding tert-OH is 1. The number of carbonyl (C=O) groups excluding carboxylic acids is 1. The number of aromatic nitrogens is 1. The summed E-state index contributed by atoms with van der Waals surface area (Å²) in [6, 6.07) is 7.90. The second kappa shape index (κ2) is 7.89. The number of amides is 1. The summed E-state index contributed by atoms with van der Waals surface area (Å²) >= 11 is 0. The first-order chi connectivity index (χ1) is 12.1. The van der Waals surface area contributed by atoms with Crippen molar-refractivity contribution >= 4 is 16.8 Å². The lowest BCUT2D eigenvalue weighted by Crippen LogP contribution is -2.51. The summed E-state index contributed by atoms with van der Waals surface area (Å²) in [7, 11) is 1.65. The maximum atomic E-state index is 12.6. The van der Waals surface area contributed by atoms with Crippen molar-refractivity contribution in [3.63, 3.8) is 0 Å². The maximum absolute atomic E-state index is 12.6. The highest BCUT2D eigenvalue weighted by Gasteiger charge is 2.22. The molecule has 1 aliphatic rings. The number of nitrogens with zero attached hydrogens (tertiary/aromatic N) is 3. The minimum Gasteiger partial charge on any atom is -0.497 e. The van der Waals surface area contributed by atoms with Gasteiger partial charge in [0.1, 0.15) is 12.3 Å². The van der Waals surface area contributed by atoms with E-state index in [2.05, 4.69) is 4.90 Å². The van der Waals surface area contributed by atoms with Crippen LogP contribution in [0.25, 0.3) is 10.9 Å². The van der Waals surface area contributed by atoms with Gasteiger partial charge >= 0.3 is 0 Å². The van der Waals surface area contributed by atoms with E-state index in [-0.39, 0.29) is 12.0 Å². The predicted octanol–water partition coefficient (Wildman–Crippen LogP) is 1.56. The van der Waals surface area contributed by atoms with Crippen LogP contribution in [0.3, 0.4) is 0 Å². The molecule has 25 heavy (non-hydrogen) atoms. The molecule has 1 saturated heterocycles. The Balaban J connectivity index is 1.58. The summed E-state index contributed by atoms with van der Waals surface area (Å²) in [5.41, 5.74) is 1.04. The van der Waals surface area contributed by atoms with E-state index in [9.17, 15) is 9.90 Å². The molecule has 1 fully saturated rings. The fourth-order valence-corrected chi connectivity index (χ4v) is 3.30. The SMILES string of the molecule is CC[C@@H](O)CN1CCN(C(=O)Cn2ccc3cc(OC)ccc32)CC1. The molecule has 0 radical (unpaired) electrons. The van der Waals surface area contributed by atoms with E-state index >= 15 is 0 Å². The van der Waals surface area contributed by atoms with E-state index in [0.29, 0.717) is 13.1 Å². The van der Waals surface area contributed by atoms with Crippen LogP contribution >= 0.6 is 0 Å². The number of aliphatic hydroxyl groups is 1. The van der Waals surface area contributed by atoms with Gasteiger partial charge in [0.25, 0.3) is 0 Å². The lowest BCUT2D eigenvalue weighted by Gasteiger charge is -2.35. The van der Waals surface area contributed by atoms with Crippen LogP contribution in [0.15, 0.2) is 30.5 Å². The number of fused-ring (bicyclic) bond motifs is 1. The van der Waals surface area contributed by atoms with Crippen LogP contribution in [0.4, 0.5) is 0 Å². The third-order valence-corrected chi connectivity index (χ3v) is 4.95. The summed E-state index contributed by atoms with van der Waals surface area (Å²) in [5, 5.41) is 10.8. The lowest BCUT2D eigenvalue weighted by atomic mass is 10.2. The van der Waals surface area contributed by atoms with Crippen LogP contribution < -0.4 is 4.74 Å². The van der Waals surface area contributed by atoms with E-state index in [1.165, 1.54) is 0 Å². The summed E-state index contributed by atoms with van der Waals surface area (Å²) in [4.78, 5) is 16.8. The van der Waals surface area contributed by atoms with Crippen molar-refractivity contribution in [1.29, 1.82) is 0 Å². The number of β-amino-alcohol motifs (C(OH)–C–C–N with tert-alkyl or cyclic N) is 1. The molecule has 0 saturated carbocycles. The minimum atomic E-state index is -0.273. The first-order valence-corrected chi connectivity index (χ1v) is 8.91. The Kier molecular flexibility index (Phi) is 5.60. The van der Waals surface area contributed by atoms with E-state index in [0.717, 1.165) is 49.3 Å². The zero-order chi connectivity index (χ0) is 17.8. The van der Waals surface area contributed by atoms with E-state index in [4.69, 9.17) is 4.74 Å². The van der Waals surface area contributed by atoms with E-state index in [1.54, 1.807) is 7.11 Å². The van der Waals surface area contributed by atoms with Gasteiger partial charge in [0, 0.05) is 49.8 Å². The van der Waals surface area contributed by atoms with Crippen LogP contribution in [-0.4, -0.2) is 71.3 Å². The predicted molar refractivity (Wildman–Crippen MR) is 97.8 cm³/mol. The molecule has 1 atom stereocenters. The van der Waals surface area contributed by atoms with Gasteiger partial charge in [-0.15, -0.1) is 0 Å². The number of ether oxygens (including phenoxy) is 1. The van der Waals surface area contributed by atoms with Crippen LogP contribution in [0.2, 0.25) is 0 Å². The highest BCUT2D eigenvalue weighted by atomic mass is 16.5. The van der Waals surface area contributed by atoms with Gasteiger partial charge in [0.2, 0.25) is 5.91 Å². The molecule has 1 aliphatic heterocycles. The van der Waals surface area contributed by atoms with E-state index < -0.39 is 0 Å².